The van der Waals surface area contributed by atoms with E-state index >= 15 is 39.4 Å². The van der Waals surface area contributed by atoms with Gasteiger partial charge in [-0.3, -0.25) is 0 Å². The summed E-state index contributed by atoms with van der Waals surface area (Å²) in [6.45, 7) is 0. The molecule has 0 N–H and O–H groups in total. The van der Waals surface area contributed by atoms with Gasteiger partial charge in [0.05, 0.1) is 21.3 Å². The molecule has 308 valence electrons. The number of halogens is 15. The van der Waals surface area contributed by atoms with Crippen LogP contribution in [0.2, 0.25) is 0 Å². The summed E-state index contributed by atoms with van der Waals surface area (Å²) >= 11 is 0. The number of hydrogen-bond donors (Lipinski definition) is 0. The predicted molar refractivity (Wildman–Crippen MR) is 189 cm³/mol. The van der Waals surface area contributed by atoms with Gasteiger partial charge in [-0.1, -0.05) is 16.4 Å². The van der Waals surface area contributed by atoms with Crippen LogP contribution >= 0.6 is 7.26 Å². The first kappa shape index (κ1) is 42.8. The fraction of sp³-hybridized carbons (Fsp3) is 0.0769. The zero-order valence-electron chi connectivity index (χ0n) is 29.8. The van der Waals surface area contributed by atoms with E-state index in [1.54, 1.807) is 0 Å². The molecule has 6 aromatic carbocycles. The molecule has 6 rings (SSSR count). The molecule has 0 amide bonds. The van der Waals surface area contributed by atoms with Crippen molar-refractivity contribution >= 4 is 51.3 Å². The lowest BCUT2D eigenvalue weighted by atomic mass is 9.30. The van der Waals surface area contributed by atoms with Gasteiger partial charge < -0.3 is 18.5 Å². The number of hydrogen-bond acceptors (Lipinski definition) is 3. The van der Waals surface area contributed by atoms with Gasteiger partial charge in [-0.15, -0.1) is 0 Å². The molecule has 20 heteroatoms. The lowest BCUT2D eigenvalue weighted by Gasteiger charge is -2.38. The van der Waals surface area contributed by atoms with Crippen LogP contribution in [0.4, 0.5) is 65.8 Å². The van der Waals surface area contributed by atoms with E-state index < -0.39 is 117 Å². The molecule has 0 aromatic heterocycles. The van der Waals surface area contributed by atoms with E-state index in [1.165, 1.54) is 94.1 Å². The molecule has 0 saturated carbocycles. The number of rotatable bonds is 10. The van der Waals surface area contributed by atoms with Crippen LogP contribution in [0.1, 0.15) is 0 Å². The van der Waals surface area contributed by atoms with Crippen molar-refractivity contribution in [3.05, 3.63) is 154 Å². The molecule has 0 spiro atoms. The van der Waals surface area contributed by atoms with E-state index in [1.807, 2.05) is 0 Å². The summed E-state index contributed by atoms with van der Waals surface area (Å²) in [6, 6.07) is 14.8. The largest absolute Gasteiger partial charge is 0.498 e. The molecule has 0 aliphatic carbocycles. The van der Waals surface area contributed by atoms with Crippen LogP contribution in [0.15, 0.2) is 72.8 Å². The maximum Gasteiger partial charge on any atom is 0.251 e. The summed E-state index contributed by atoms with van der Waals surface area (Å²) in [5, 5.41) is -2.11. The van der Waals surface area contributed by atoms with Gasteiger partial charge >= 0.3 is 0 Å². The highest BCUT2D eigenvalue weighted by Gasteiger charge is 2.56. The summed E-state index contributed by atoms with van der Waals surface area (Å²) in [6.07, 6.45) is -7.02. The van der Waals surface area contributed by atoms with Crippen molar-refractivity contribution in [1.82, 2.24) is 0 Å². The Morgan fingerprint density at radius 1 is 0.322 bits per heavy atom. The third-order valence-electron chi connectivity index (χ3n) is 9.67. The molecule has 59 heavy (non-hydrogen) atoms. The zero-order valence-corrected chi connectivity index (χ0v) is 30.7. The van der Waals surface area contributed by atoms with Gasteiger partial charge in [0, 0.05) is 0 Å². The molecule has 0 aliphatic rings. The normalized spacial score (nSPS) is 11.9. The van der Waals surface area contributed by atoms with Crippen LogP contribution in [0, 0.1) is 81.4 Å². The van der Waals surface area contributed by atoms with Crippen molar-refractivity contribution in [1.29, 1.82) is 0 Å². The first-order chi connectivity index (χ1) is 27.8. The van der Waals surface area contributed by atoms with Gasteiger partial charge in [0.1, 0.15) is 68.1 Å². The van der Waals surface area contributed by atoms with E-state index in [0.29, 0.717) is 0 Å². The Balaban J connectivity index is 1.88. The maximum atomic E-state index is 17.9. The third kappa shape index (κ3) is 6.32. The second-order valence-corrected chi connectivity index (χ2v) is 15.8. The molecule has 0 saturated heterocycles. The Labute approximate surface area is 323 Å². The molecule has 0 radical (unpaired) electrons. The van der Waals surface area contributed by atoms with Crippen molar-refractivity contribution in [3.8, 4) is 17.2 Å². The van der Waals surface area contributed by atoms with Crippen LogP contribution in [-0.2, 0) is 0 Å². The molecular weight excluding hydrogens is 843 g/mol. The van der Waals surface area contributed by atoms with Crippen LogP contribution in [0.5, 0.6) is 17.2 Å². The minimum absolute atomic E-state index is 0.139. The van der Waals surface area contributed by atoms with Gasteiger partial charge in [0.15, 0.2) is 47.5 Å². The highest BCUT2D eigenvalue weighted by atomic mass is 31.2. The molecule has 0 heterocycles. The van der Waals surface area contributed by atoms with Gasteiger partial charge in [-0.2, -0.15) is 8.78 Å². The first-order valence-electron chi connectivity index (χ1n) is 16.4. The lowest BCUT2D eigenvalue weighted by Crippen LogP contribution is -2.71. The molecule has 6 aromatic rings. The van der Waals surface area contributed by atoms with Crippen molar-refractivity contribution in [2.75, 3.05) is 21.3 Å². The van der Waals surface area contributed by atoms with E-state index in [-0.39, 0.29) is 33.2 Å². The van der Waals surface area contributed by atoms with Gasteiger partial charge in [0.25, 0.3) is 6.42 Å². The van der Waals surface area contributed by atoms with Gasteiger partial charge in [0.2, 0.25) is 11.6 Å². The summed E-state index contributed by atoms with van der Waals surface area (Å²) in [4.78, 5) is 0. The minimum Gasteiger partial charge on any atom is -0.498 e. The van der Waals surface area contributed by atoms with Gasteiger partial charge in [-0.25, -0.2) is 52.7 Å². The quantitative estimate of drug-likeness (QED) is 0.0480. The Morgan fingerprint density at radius 3 is 0.746 bits per heavy atom. The highest BCUT2D eigenvalue weighted by molar-refractivity contribution is 8.01. The van der Waals surface area contributed by atoms with E-state index in [0.717, 1.165) is 0 Å². The van der Waals surface area contributed by atoms with Crippen molar-refractivity contribution in [2.24, 2.45) is 0 Å². The van der Waals surface area contributed by atoms with Crippen molar-refractivity contribution in [2.45, 2.75) is 0 Å². The van der Waals surface area contributed by atoms with Crippen LogP contribution in [0.25, 0.3) is 0 Å². The van der Waals surface area contributed by atoms with E-state index in [2.05, 4.69) is 0 Å². The van der Waals surface area contributed by atoms with Crippen LogP contribution in [-0.4, -0.2) is 27.8 Å². The molecule has 0 bridgehead atoms. The van der Waals surface area contributed by atoms with Gasteiger partial charge in [-0.05, 0) is 72.8 Å². The SMILES string of the molecule is COc1ccc([P+](c2ccc(OC)cc2)(c2ccc(OC)cc2)c2c(F)c(F)c([B-](F)(c3c(F)c(F)c(F)c(F)c3F)c3c(F)c(F)c(F)c(F)c3F)c(F)c2F)cc1. The second-order valence-electron chi connectivity index (χ2n) is 12.5. The molecule has 0 atom stereocenters. The smallest absolute Gasteiger partial charge is 0.251 e. The van der Waals surface area contributed by atoms with Crippen LogP contribution < -0.4 is 51.8 Å². The number of ether oxygens (including phenoxy) is 3. The average Bonchev–Trinajstić information content (AvgIpc) is 3.24. The monoisotopic (exact) mass is 864 g/mol. The Kier molecular flexibility index (Phi) is 11.4. The van der Waals surface area contributed by atoms with Crippen molar-refractivity contribution in [3.63, 3.8) is 0 Å². The molecule has 0 unspecified atom stereocenters. The molecular formula is C39H21BF15O3P. The summed E-state index contributed by atoms with van der Waals surface area (Å²) in [5.41, 5.74) is -9.63. The number of methoxy groups -OCH3 is 3. The first-order valence-corrected chi connectivity index (χ1v) is 18.2. The standard InChI is InChI=1S/C39H21BF15O3P/c1-56-16-4-10-19(11-5-16)59(20-12-6-17(57-2)7-13-20,21-14-8-18(58-3)9-15-21)39-37(53)29(45)24(30(46)38(39)54)40(55,22-25(41)31(47)35(51)32(48)26(22)42)23-27(43)33(49)36(52)34(50)28(23)44/h4-15H,1-3H3. The van der Waals surface area contributed by atoms with Crippen molar-refractivity contribution < 1.29 is 80.0 Å². The zero-order chi connectivity index (χ0) is 43.5. The Hall–Kier alpha value is -5.84. The molecule has 0 aliphatic heterocycles. The van der Waals surface area contributed by atoms with Crippen LogP contribution in [0.3, 0.4) is 0 Å². The maximum absolute atomic E-state index is 17.9. The molecule has 0 fully saturated rings. The summed E-state index contributed by atoms with van der Waals surface area (Å²) in [7, 11) is -0.842. The highest BCUT2D eigenvalue weighted by Crippen LogP contribution is 2.56. The lowest BCUT2D eigenvalue weighted by molar-refractivity contribution is 0.380. The second kappa shape index (κ2) is 15.7. The topological polar surface area (TPSA) is 27.7 Å². The predicted octanol–water partition coefficient (Wildman–Crippen LogP) is 7.22. The van der Waals surface area contributed by atoms with E-state index in [9.17, 15) is 26.3 Å². The summed E-state index contributed by atoms with van der Waals surface area (Å²) in [5.74, 6) is -43.8. The fourth-order valence-electron chi connectivity index (χ4n) is 6.91. The fourth-order valence-corrected chi connectivity index (χ4v) is 11.2. The Morgan fingerprint density at radius 2 is 0.525 bits per heavy atom. The minimum atomic E-state index is -7.02. The third-order valence-corrected chi connectivity index (χ3v) is 14.0. The van der Waals surface area contributed by atoms with E-state index in [4.69, 9.17) is 14.2 Å². The summed E-state index contributed by atoms with van der Waals surface area (Å²) < 4.78 is 251. The Bertz CT molecular complexity index is 2360. The molecule has 3 nitrogen and oxygen atoms in total. The number of benzene rings is 6. The average molecular weight is 864 g/mol.